The van der Waals surface area contributed by atoms with Gasteiger partial charge in [0.05, 0.1) is 0 Å². The van der Waals surface area contributed by atoms with Crippen LogP contribution in [0.1, 0.15) is 33.4 Å². The molecule has 33 heavy (non-hydrogen) atoms. The van der Waals surface area contributed by atoms with E-state index in [1.165, 1.54) is 44.1 Å². The molecule has 2 rings (SSSR count). The molecule has 0 aliphatic carbocycles. The second-order valence-corrected chi connectivity index (χ2v) is 33.7. The lowest BCUT2D eigenvalue weighted by Crippen LogP contribution is -2.57. The molecule has 0 atom stereocenters. The molecule has 2 nitrogen and oxygen atoms in total. The molecule has 180 valence electrons. The van der Waals surface area contributed by atoms with Gasteiger partial charge in [0.25, 0.3) is 0 Å². The lowest BCUT2D eigenvalue weighted by molar-refractivity contribution is 1.35. The van der Waals surface area contributed by atoms with Crippen LogP contribution in [0.5, 0.6) is 0 Å². The maximum atomic E-state index is 5.67. The minimum atomic E-state index is -1.73. The van der Waals surface area contributed by atoms with Gasteiger partial charge in [0.15, 0.2) is 16.5 Å². The summed E-state index contributed by atoms with van der Waals surface area (Å²) in [5.74, 6) is 0. The Kier molecular flexibility index (Phi) is 8.53. The fourth-order valence-corrected chi connectivity index (χ4v) is 17.8. The van der Waals surface area contributed by atoms with Crippen LogP contribution in [0.25, 0.3) is 0 Å². The summed E-state index contributed by atoms with van der Waals surface area (Å²) in [6.45, 7) is 30.9. The van der Waals surface area contributed by atoms with Gasteiger partial charge in [0, 0.05) is 0 Å². The average Bonchev–Trinajstić information content (AvgIpc) is 2.57. The Morgan fingerprint density at radius 2 is 0.818 bits per heavy atom. The van der Waals surface area contributed by atoms with Crippen molar-refractivity contribution in [2.75, 3.05) is 0 Å². The summed E-state index contributed by atoms with van der Waals surface area (Å²) in [7, 11) is -6.33. The van der Waals surface area contributed by atoms with Gasteiger partial charge in [0.1, 0.15) is 0 Å². The van der Waals surface area contributed by atoms with Crippen LogP contribution in [0.4, 0.5) is 0 Å². The molecular weight excluding hydrogens is 465 g/mol. The first kappa shape index (κ1) is 27.9. The molecule has 0 amide bonds. The molecule has 0 bridgehead atoms. The highest BCUT2D eigenvalue weighted by atomic mass is 29.2. The van der Waals surface area contributed by atoms with Gasteiger partial charge in [-0.1, -0.05) is 103 Å². The van der Waals surface area contributed by atoms with Crippen molar-refractivity contribution in [3.63, 3.8) is 0 Å². The average molecular weight is 510 g/mol. The maximum Gasteiger partial charge on any atom is 0.167 e. The highest BCUT2D eigenvalue weighted by Gasteiger charge is 2.28. The van der Waals surface area contributed by atoms with Gasteiger partial charge < -0.3 is 9.32 Å². The Balaban J connectivity index is 3.07. The van der Waals surface area contributed by atoms with Crippen molar-refractivity contribution < 1.29 is 0 Å². The molecule has 0 aromatic heterocycles. The van der Waals surface area contributed by atoms with E-state index in [0.717, 1.165) is 0 Å². The number of aryl methyl sites for hydroxylation is 4. The van der Waals surface area contributed by atoms with Gasteiger partial charge in [-0.05, 0) is 61.1 Å². The quantitative estimate of drug-likeness (QED) is 0.268. The minimum Gasteiger partial charge on any atom is -0.361 e. The number of nitrogens with zero attached hydrogens (tertiary/aromatic N) is 2. The van der Waals surface area contributed by atoms with Crippen molar-refractivity contribution in [3.05, 3.63) is 69.8 Å². The largest absolute Gasteiger partial charge is 0.361 e. The summed E-state index contributed by atoms with van der Waals surface area (Å²) in [5, 5.41) is 2.79. The Morgan fingerprint density at radius 1 is 0.545 bits per heavy atom. The second kappa shape index (κ2) is 10.1. The van der Waals surface area contributed by atoms with E-state index in [2.05, 4.69) is 123 Å². The summed E-state index contributed by atoms with van der Waals surface area (Å²) in [6.07, 6.45) is 0. The molecule has 0 heterocycles. The summed E-state index contributed by atoms with van der Waals surface area (Å²) >= 11 is 0. The smallest absolute Gasteiger partial charge is 0.167 e. The minimum absolute atomic E-state index is 1.19. The van der Waals surface area contributed by atoms with Crippen LogP contribution < -0.4 is 0 Å². The first-order valence-corrected chi connectivity index (χ1v) is 25.0. The van der Waals surface area contributed by atoms with Gasteiger partial charge in [0.2, 0.25) is 0 Å². The second-order valence-electron chi connectivity index (χ2n) is 12.4. The molecule has 0 aliphatic heterocycles. The lowest BCUT2D eigenvalue weighted by Gasteiger charge is -2.49. The highest BCUT2D eigenvalue weighted by molar-refractivity contribution is 7.55. The Morgan fingerprint density at radius 3 is 1.03 bits per heavy atom. The maximum absolute atomic E-state index is 5.67. The predicted molar refractivity (Wildman–Crippen MR) is 161 cm³/mol. The third kappa shape index (κ3) is 7.31. The first-order valence-electron chi connectivity index (χ1n) is 12.1. The van der Waals surface area contributed by atoms with E-state index in [1.54, 1.807) is 0 Å². The van der Waals surface area contributed by atoms with Gasteiger partial charge in [-0.15, -0.1) is 10.7 Å². The molecule has 0 fully saturated rings. The number of hydrogen-bond acceptors (Lipinski definition) is 2. The van der Waals surface area contributed by atoms with E-state index in [4.69, 9.17) is 9.32 Å². The zero-order chi connectivity index (χ0) is 25.4. The Labute approximate surface area is 208 Å². The van der Waals surface area contributed by atoms with E-state index in [9.17, 15) is 0 Å². The fourth-order valence-electron chi connectivity index (χ4n) is 4.34. The zero-order valence-electron chi connectivity index (χ0n) is 23.4. The standard InChI is InChI=1S/C27H45N2Si4/c1-20-16-14-17-21(2)24(20)26(28-31(5,6)7)30(33(11,12)13)27(29-32(8,9)10)25-22(3)18-15-19-23(25)4/h14-19H,1-13H3/q-1/b28-26+,29-27+. The van der Waals surface area contributed by atoms with Crippen molar-refractivity contribution in [1.82, 2.24) is 0 Å². The molecule has 6 heteroatoms. The summed E-state index contributed by atoms with van der Waals surface area (Å²) < 4.78 is 11.3. The SMILES string of the molecule is Cc1cccc(C)c1/C(=N\[Si](C)(C)C)[Si-](/C(=N/[Si](C)(C)C)c1c(C)cccc1C)[Si](C)(C)C. The van der Waals surface area contributed by atoms with Crippen LogP contribution in [0.15, 0.2) is 45.7 Å². The van der Waals surface area contributed by atoms with Gasteiger partial charge in [-0.25, -0.2) is 8.31 Å². The Hall–Kier alpha value is -1.35. The number of benzene rings is 2. The molecule has 0 radical (unpaired) electrons. The van der Waals surface area contributed by atoms with Crippen LogP contribution in [-0.4, -0.2) is 43.0 Å². The van der Waals surface area contributed by atoms with Crippen LogP contribution in [0.3, 0.4) is 0 Å². The summed E-state index contributed by atoms with van der Waals surface area (Å²) in [6, 6.07) is 13.4. The van der Waals surface area contributed by atoms with Crippen molar-refractivity contribution in [2.24, 2.45) is 9.32 Å². The molecule has 2 aromatic rings. The third-order valence-corrected chi connectivity index (χ3v) is 16.9. The molecular formula is C27H45N2Si4-. The van der Waals surface area contributed by atoms with Gasteiger partial charge in [-0.3, -0.25) is 0 Å². The van der Waals surface area contributed by atoms with Crippen LogP contribution in [-0.2, 0) is 0 Å². The lowest BCUT2D eigenvalue weighted by atomic mass is 10.0. The monoisotopic (exact) mass is 509 g/mol. The predicted octanol–water partition coefficient (Wildman–Crippen LogP) is 7.86. The molecule has 0 N–H and O–H groups in total. The van der Waals surface area contributed by atoms with Crippen molar-refractivity contribution in [3.8, 4) is 0 Å². The van der Waals surface area contributed by atoms with Crippen molar-refractivity contribution in [2.45, 2.75) is 86.6 Å². The number of rotatable bonds is 7. The first-order chi connectivity index (χ1) is 14.9. The summed E-state index contributed by atoms with van der Waals surface area (Å²) in [5.41, 5.74) is 8.18. The zero-order valence-corrected chi connectivity index (χ0v) is 27.4. The van der Waals surface area contributed by atoms with E-state index >= 15 is 0 Å². The van der Waals surface area contributed by atoms with Gasteiger partial charge >= 0.3 is 0 Å². The third-order valence-electron chi connectivity index (χ3n) is 5.55. The highest BCUT2D eigenvalue weighted by Crippen LogP contribution is 2.28. The van der Waals surface area contributed by atoms with Crippen LogP contribution in [0.2, 0.25) is 58.9 Å². The fraction of sp³-hybridized carbons (Fsp3) is 0.481. The van der Waals surface area contributed by atoms with E-state index in [-0.39, 0.29) is 0 Å². The van der Waals surface area contributed by atoms with Gasteiger partial charge in [-0.2, -0.15) is 0 Å². The Bertz CT molecular complexity index is 945. The molecule has 2 aromatic carbocycles. The molecule has 0 saturated carbocycles. The van der Waals surface area contributed by atoms with E-state index in [0.29, 0.717) is 0 Å². The topological polar surface area (TPSA) is 24.7 Å². The number of hydrogen-bond donors (Lipinski definition) is 0. The van der Waals surface area contributed by atoms with Crippen LogP contribution >= 0.6 is 0 Å². The van der Waals surface area contributed by atoms with Crippen molar-refractivity contribution >= 4 is 43.0 Å². The van der Waals surface area contributed by atoms with E-state index in [1.807, 2.05) is 0 Å². The molecule has 0 unspecified atom stereocenters. The molecule has 0 spiro atoms. The summed E-state index contributed by atoms with van der Waals surface area (Å²) in [4.78, 5) is 0. The van der Waals surface area contributed by atoms with E-state index < -0.39 is 32.4 Å². The molecule has 0 saturated heterocycles. The van der Waals surface area contributed by atoms with Crippen LogP contribution in [0, 0.1) is 27.7 Å². The molecule has 0 aliphatic rings. The normalized spacial score (nSPS) is 14.0. The van der Waals surface area contributed by atoms with Crippen molar-refractivity contribution in [1.29, 1.82) is 0 Å².